The maximum Gasteiger partial charge on any atom is 0.211 e. The van der Waals surface area contributed by atoms with Crippen molar-refractivity contribution >= 4 is 22.5 Å². The highest BCUT2D eigenvalue weighted by molar-refractivity contribution is 5.93. The Morgan fingerprint density at radius 3 is 2.74 bits per heavy atom. The lowest BCUT2D eigenvalue weighted by Gasteiger charge is -2.13. The van der Waals surface area contributed by atoms with Crippen molar-refractivity contribution < 1.29 is 4.74 Å². The lowest BCUT2D eigenvalue weighted by Crippen LogP contribution is -2.13. The third-order valence-electron chi connectivity index (χ3n) is 4.49. The number of hydrogen-bond donors (Lipinski definition) is 1. The molecule has 0 saturated carbocycles. The van der Waals surface area contributed by atoms with E-state index in [-0.39, 0.29) is 0 Å². The number of rotatable bonds is 5. The number of fused-ring (bicyclic) bond motifs is 3. The SMILES string of the molecule is COc1cccc(-c2nnc3c4cc(C)ccc4nc(NCC(C)C)n23)c1. The largest absolute Gasteiger partial charge is 0.497 e. The van der Waals surface area contributed by atoms with Crippen LogP contribution in [-0.2, 0) is 0 Å². The van der Waals surface area contributed by atoms with E-state index in [9.17, 15) is 0 Å². The van der Waals surface area contributed by atoms with Gasteiger partial charge < -0.3 is 10.1 Å². The third-order valence-corrected chi connectivity index (χ3v) is 4.49. The summed E-state index contributed by atoms with van der Waals surface area (Å²) in [5.41, 5.74) is 3.81. The van der Waals surface area contributed by atoms with Crippen LogP contribution in [0.15, 0.2) is 42.5 Å². The molecule has 0 atom stereocenters. The van der Waals surface area contributed by atoms with Gasteiger partial charge in [0.2, 0.25) is 5.95 Å². The first-order valence-electron chi connectivity index (χ1n) is 9.10. The summed E-state index contributed by atoms with van der Waals surface area (Å²) in [4.78, 5) is 4.86. The number of aromatic nitrogens is 4. The van der Waals surface area contributed by atoms with Crippen LogP contribution >= 0.6 is 0 Å². The minimum Gasteiger partial charge on any atom is -0.497 e. The second kappa shape index (κ2) is 6.87. The van der Waals surface area contributed by atoms with E-state index in [4.69, 9.17) is 9.72 Å². The van der Waals surface area contributed by atoms with Crippen molar-refractivity contribution in [2.45, 2.75) is 20.8 Å². The number of nitrogens with one attached hydrogen (secondary N) is 1. The molecule has 27 heavy (non-hydrogen) atoms. The van der Waals surface area contributed by atoms with E-state index in [1.165, 1.54) is 5.56 Å². The molecule has 2 aromatic heterocycles. The van der Waals surface area contributed by atoms with Crippen molar-refractivity contribution in [1.29, 1.82) is 0 Å². The Morgan fingerprint density at radius 1 is 1.11 bits per heavy atom. The van der Waals surface area contributed by atoms with Crippen LogP contribution in [0.4, 0.5) is 5.95 Å². The molecule has 0 radical (unpaired) electrons. The maximum absolute atomic E-state index is 5.37. The zero-order valence-electron chi connectivity index (χ0n) is 16.0. The lowest BCUT2D eigenvalue weighted by atomic mass is 10.1. The van der Waals surface area contributed by atoms with E-state index in [0.29, 0.717) is 5.92 Å². The summed E-state index contributed by atoms with van der Waals surface area (Å²) >= 11 is 0. The van der Waals surface area contributed by atoms with Gasteiger partial charge in [-0.25, -0.2) is 9.38 Å². The van der Waals surface area contributed by atoms with Crippen molar-refractivity contribution in [2.75, 3.05) is 19.0 Å². The second-order valence-corrected chi connectivity index (χ2v) is 7.15. The highest BCUT2D eigenvalue weighted by Crippen LogP contribution is 2.29. The van der Waals surface area contributed by atoms with Crippen molar-refractivity contribution in [3.8, 4) is 17.1 Å². The number of aryl methyl sites for hydroxylation is 1. The number of hydrogen-bond acceptors (Lipinski definition) is 5. The van der Waals surface area contributed by atoms with E-state index in [1.807, 2.05) is 34.7 Å². The molecule has 0 unspecified atom stereocenters. The predicted molar refractivity (Wildman–Crippen MR) is 108 cm³/mol. The van der Waals surface area contributed by atoms with Crippen LogP contribution < -0.4 is 10.1 Å². The summed E-state index contributed by atoms with van der Waals surface area (Å²) in [6, 6.07) is 14.0. The standard InChI is InChI=1S/C21H23N5O/c1-13(2)12-22-21-23-18-9-8-14(3)10-17(18)20-25-24-19(26(20)21)15-6-5-7-16(11-15)27-4/h5-11,13H,12H2,1-4H3,(H,22,23). The normalized spacial score (nSPS) is 11.4. The van der Waals surface area contributed by atoms with Gasteiger partial charge in [0.1, 0.15) is 5.75 Å². The number of ether oxygens (including phenoxy) is 1. The molecule has 0 saturated heterocycles. The molecular weight excluding hydrogens is 338 g/mol. The Kier molecular flexibility index (Phi) is 4.39. The Hall–Kier alpha value is -3.15. The van der Waals surface area contributed by atoms with Crippen molar-refractivity contribution in [1.82, 2.24) is 19.6 Å². The fourth-order valence-corrected chi connectivity index (χ4v) is 3.11. The zero-order chi connectivity index (χ0) is 19.0. The van der Waals surface area contributed by atoms with Gasteiger partial charge >= 0.3 is 0 Å². The molecule has 0 aliphatic heterocycles. The van der Waals surface area contributed by atoms with Gasteiger partial charge in [-0.3, -0.25) is 0 Å². The fraction of sp³-hybridized carbons (Fsp3) is 0.286. The van der Waals surface area contributed by atoms with E-state index >= 15 is 0 Å². The topological polar surface area (TPSA) is 64.3 Å². The fourth-order valence-electron chi connectivity index (χ4n) is 3.11. The van der Waals surface area contributed by atoms with Crippen molar-refractivity contribution in [3.63, 3.8) is 0 Å². The first kappa shape index (κ1) is 17.3. The van der Waals surface area contributed by atoms with E-state index in [2.05, 4.69) is 48.4 Å². The molecule has 4 rings (SSSR count). The van der Waals surface area contributed by atoms with Gasteiger partial charge in [0.25, 0.3) is 0 Å². The lowest BCUT2D eigenvalue weighted by molar-refractivity contribution is 0.415. The highest BCUT2D eigenvalue weighted by atomic mass is 16.5. The first-order chi connectivity index (χ1) is 13.1. The van der Waals surface area contributed by atoms with Crippen LogP contribution in [0.5, 0.6) is 5.75 Å². The Morgan fingerprint density at radius 2 is 1.96 bits per heavy atom. The first-order valence-corrected chi connectivity index (χ1v) is 9.10. The maximum atomic E-state index is 5.37. The van der Waals surface area contributed by atoms with Crippen molar-refractivity contribution in [3.05, 3.63) is 48.0 Å². The van der Waals surface area contributed by atoms with Gasteiger partial charge in [-0.15, -0.1) is 10.2 Å². The van der Waals surface area contributed by atoms with Gasteiger partial charge in [-0.1, -0.05) is 37.6 Å². The molecule has 0 spiro atoms. The van der Waals surface area contributed by atoms with Crippen LogP contribution in [0.1, 0.15) is 19.4 Å². The number of methoxy groups -OCH3 is 1. The Bertz CT molecular complexity index is 1120. The van der Waals surface area contributed by atoms with Crippen LogP contribution in [-0.4, -0.2) is 33.2 Å². The average Bonchev–Trinajstić information content (AvgIpc) is 3.12. The van der Waals surface area contributed by atoms with Crippen LogP contribution in [0.3, 0.4) is 0 Å². The molecule has 2 aromatic carbocycles. The molecule has 6 nitrogen and oxygen atoms in total. The summed E-state index contributed by atoms with van der Waals surface area (Å²) in [6.45, 7) is 7.23. The van der Waals surface area contributed by atoms with Gasteiger partial charge in [-0.05, 0) is 37.1 Å². The summed E-state index contributed by atoms with van der Waals surface area (Å²) in [7, 11) is 1.66. The highest BCUT2D eigenvalue weighted by Gasteiger charge is 2.17. The Labute approximate surface area is 158 Å². The van der Waals surface area contributed by atoms with E-state index < -0.39 is 0 Å². The number of benzene rings is 2. The molecule has 1 N–H and O–H groups in total. The average molecular weight is 361 g/mol. The molecular formula is C21H23N5O. The Balaban J connectivity index is 1.99. The van der Waals surface area contributed by atoms with Gasteiger partial charge in [0.15, 0.2) is 11.5 Å². The number of anilines is 1. The summed E-state index contributed by atoms with van der Waals surface area (Å²) in [5.74, 6) is 2.77. The van der Waals surface area contributed by atoms with Crippen molar-refractivity contribution in [2.24, 2.45) is 5.92 Å². The van der Waals surface area contributed by atoms with Gasteiger partial charge in [-0.2, -0.15) is 0 Å². The van der Waals surface area contributed by atoms with E-state index in [0.717, 1.165) is 46.2 Å². The molecule has 0 aliphatic carbocycles. The van der Waals surface area contributed by atoms with Crippen LogP contribution in [0.25, 0.3) is 27.9 Å². The predicted octanol–water partition coefficient (Wildman–Crippen LogP) is 4.33. The van der Waals surface area contributed by atoms with Crippen LogP contribution in [0, 0.1) is 12.8 Å². The molecule has 0 fully saturated rings. The molecule has 6 heteroatoms. The molecule has 4 aromatic rings. The second-order valence-electron chi connectivity index (χ2n) is 7.15. The quantitative estimate of drug-likeness (QED) is 0.573. The monoisotopic (exact) mass is 361 g/mol. The van der Waals surface area contributed by atoms with Gasteiger partial charge in [0.05, 0.1) is 12.6 Å². The summed E-state index contributed by atoms with van der Waals surface area (Å²) in [5, 5.41) is 13.4. The molecule has 0 amide bonds. The molecule has 2 heterocycles. The molecule has 0 bridgehead atoms. The minimum atomic E-state index is 0.493. The van der Waals surface area contributed by atoms with Crippen LogP contribution in [0.2, 0.25) is 0 Å². The molecule has 138 valence electrons. The summed E-state index contributed by atoms with van der Waals surface area (Å²) in [6.07, 6.45) is 0. The van der Waals surface area contributed by atoms with E-state index in [1.54, 1.807) is 7.11 Å². The molecule has 0 aliphatic rings. The summed E-state index contributed by atoms with van der Waals surface area (Å²) < 4.78 is 7.37. The third kappa shape index (κ3) is 3.18. The van der Waals surface area contributed by atoms with Gasteiger partial charge in [0, 0.05) is 17.5 Å². The smallest absolute Gasteiger partial charge is 0.211 e. The zero-order valence-corrected chi connectivity index (χ0v) is 16.0. The number of nitrogens with zero attached hydrogens (tertiary/aromatic N) is 4. The minimum absolute atomic E-state index is 0.493.